The van der Waals surface area contributed by atoms with Gasteiger partial charge < -0.3 is 5.32 Å². The Balaban J connectivity index is 1.65. The van der Waals surface area contributed by atoms with Gasteiger partial charge in [-0.05, 0) is 41.8 Å². The maximum absolute atomic E-state index is 13.5. The molecule has 1 N–H and O–H groups in total. The number of benzene rings is 2. The van der Waals surface area contributed by atoms with Crippen molar-refractivity contribution >= 4 is 11.6 Å². The van der Waals surface area contributed by atoms with Gasteiger partial charge >= 0.3 is 0 Å². The first-order valence-electron chi connectivity index (χ1n) is 7.98. The third-order valence-electron chi connectivity index (χ3n) is 3.81. The Morgan fingerprint density at radius 2 is 1.96 bits per heavy atom. The summed E-state index contributed by atoms with van der Waals surface area (Å²) in [6.45, 7) is 3.65. The second-order valence-corrected chi connectivity index (χ2v) is 5.71. The van der Waals surface area contributed by atoms with E-state index in [0.717, 1.165) is 12.0 Å². The lowest BCUT2D eigenvalue weighted by atomic mass is 10.1. The average molecular weight is 339 g/mol. The molecule has 2 aromatic carbocycles. The monoisotopic (exact) mass is 339 g/mol. The molecule has 0 bridgehead atoms. The number of nitrogens with zero attached hydrogens (tertiary/aromatic N) is 4. The molecule has 0 aliphatic carbocycles. The number of halogens is 1. The van der Waals surface area contributed by atoms with Gasteiger partial charge in [-0.15, -0.1) is 10.2 Å². The minimum absolute atomic E-state index is 0.102. The molecule has 0 saturated heterocycles. The number of amides is 1. The van der Waals surface area contributed by atoms with Crippen LogP contribution in [0.4, 0.5) is 10.1 Å². The zero-order valence-corrected chi connectivity index (χ0v) is 14.0. The van der Waals surface area contributed by atoms with Gasteiger partial charge in [-0.2, -0.15) is 4.80 Å². The highest BCUT2D eigenvalue weighted by atomic mass is 19.1. The first kappa shape index (κ1) is 16.8. The van der Waals surface area contributed by atoms with Crippen molar-refractivity contribution in [1.29, 1.82) is 0 Å². The van der Waals surface area contributed by atoms with Gasteiger partial charge in [-0.3, -0.25) is 4.79 Å². The number of aryl methyl sites for hydroxylation is 2. The standard InChI is InChI=1S/C18H18FN5O/c1-3-13-5-7-14(8-6-13)18-21-23-24(22-18)11-17(25)20-15-9-4-12(2)16(19)10-15/h4-10H,3,11H2,1-2H3,(H,20,25). The van der Waals surface area contributed by atoms with Gasteiger partial charge in [-0.1, -0.05) is 37.3 Å². The average Bonchev–Trinajstić information content (AvgIpc) is 3.06. The van der Waals surface area contributed by atoms with Crippen molar-refractivity contribution in [3.63, 3.8) is 0 Å². The van der Waals surface area contributed by atoms with Crippen molar-refractivity contribution in [2.75, 3.05) is 5.32 Å². The van der Waals surface area contributed by atoms with Crippen LogP contribution in [0.15, 0.2) is 42.5 Å². The largest absolute Gasteiger partial charge is 0.324 e. The summed E-state index contributed by atoms with van der Waals surface area (Å²) in [5.74, 6) is -0.264. The highest BCUT2D eigenvalue weighted by molar-refractivity contribution is 5.90. The van der Waals surface area contributed by atoms with E-state index in [1.54, 1.807) is 19.1 Å². The predicted molar refractivity (Wildman–Crippen MR) is 92.4 cm³/mol. The molecule has 1 aromatic heterocycles. The second-order valence-electron chi connectivity index (χ2n) is 5.71. The van der Waals surface area contributed by atoms with Gasteiger partial charge in [0.1, 0.15) is 12.4 Å². The third-order valence-corrected chi connectivity index (χ3v) is 3.81. The molecule has 3 aromatic rings. The Bertz CT molecular complexity index is 889. The molecular weight excluding hydrogens is 321 g/mol. The molecule has 0 aliphatic rings. The smallest absolute Gasteiger partial charge is 0.248 e. The van der Waals surface area contributed by atoms with Crippen molar-refractivity contribution in [3.05, 3.63) is 59.4 Å². The molecule has 1 heterocycles. The first-order chi connectivity index (χ1) is 12.0. The number of tetrazole rings is 1. The Labute approximate surface area is 144 Å². The summed E-state index contributed by atoms with van der Waals surface area (Å²) >= 11 is 0. The Morgan fingerprint density at radius 1 is 1.20 bits per heavy atom. The fourth-order valence-electron chi connectivity index (χ4n) is 2.31. The van der Waals surface area contributed by atoms with Crippen LogP contribution >= 0.6 is 0 Å². The van der Waals surface area contributed by atoms with Crippen LogP contribution in [-0.4, -0.2) is 26.1 Å². The summed E-state index contributed by atoms with van der Waals surface area (Å²) in [6, 6.07) is 12.4. The summed E-state index contributed by atoms with van der Waals surface area (Å²) in [6.07, 6.45) is 0.959. The van der Waals surface area contributed by atoms with Crippen LogP contribution in [0.1, 0.15) is 18.1 Å². The highest BCUT2D eigenvalue weighted by Gasteiger charge is 2.10. The van der Waals surface area contributed by atoms with E-state index in [4.69, 9.17) is 0 Å². The summed E-state index contributed by atoms with van der Waals surface area (Å²) in [5.41, 5.74) is 2.98. The molecule has 0 atom stereocenters. The zero-order chi connectivity index (χ0) is 17.8. The van der Waals surface area contributed by atoms with Crippen molar-refractivity contribution in [2.45, 2.75) is 26.8 Å². The molecule has 0 unspecified atom stereocenters. The Hall–Kier alpha value is -3.09. The van der Waals surface area contributed by atoms with Crippen molar-refractivity contribution in [3.8, 4) is 11.4 Å². The summed E-state index contributed by atoms with van der Waals surface area (Å²) in [5, 5.41) is 14.7. The van der Waals surface area contributed by atoms with Gasteiger partial charge in [0, 0.05) is 11.3 Å². The number of carbonyl (C=O) groups excluding carboxylic acids is 1. The first-order valence-corrected chi connectivity index (χ1v) is 7.98. The maximum atomic E-state index is 13.5. The minimum atomic E-state index is -0.366. The molecule has 0 spiro atoms. The lowest BCUT2D eigenvalue weighted by Gasteiger charge is -2.05. The number of hydrogen-bond donors (Lipinski definition) is 1. The third kappa shape index (κ3) is 4.06. The molecule has 0 fully saturated rings. The molecule has 3 rings (SSSR count). The van der Waals surface area contributed by atoms with Crippen molar-refractivity contribution < 1.29 is 9.18 Å². The van der Waals surface area contributed by atoms with E-state index >= 15 is 0 Å². The van der Waals surface area contributed by atoms with E-state index in [9.17, 15) is 9.18 Å². The van der Waals surface area contributed by atoms with Crippen LogP contribution in [0.25, 0.3) is 11.4 Å². The fourth-order valence-corrected chi connectivity index (χ4v) is 2.31. The van der Waals surface area contributed by atoms with Crippen LogP contribution < -0.4 is 5.32 Å². The van der Waals surface area contributed by atoms with E-state index in [1.807, 2.05) is 24.3 Å². The predicted octanol–water partition coefficient (Wildman–Crippen LogP) is 2.99. The molecule has 128 valence electrons. The molecule has 1 amide bonds. The van der Waals surface area contributed by atoms with Gasteiger partial charge in [0.2, 0.25) is 11.7 Å². The molecule has 25 heavy (non-hydrogen) atoms. The number of rotatable bonds is 5. The van der Waals surface area contributed by atoms with Crippen molar-refractivity contribution in [1.82, 2.24) is 20.2 Å². The Morgan fingerprint density at radius 3 is 2.64 bits per heavy atom. The maximum Gasteiger partial charge on any atom is 0.248 e. The molecule has 0 aliphatic heterocycles. The number of aromatic nitrogens is 4. The molecule has 0 saturated carbocycles. The summed E-state index contributed by atoms with van der Waals surface area (Å²) in [7, 11) is 0. The van der Waals surface area contributed by atoms with Crippen LogP contribution in [0.5, 0.6) is 0 Å². The summed E-state index contributed by atoms with van der Waals surface area (Å²) < 4.78 is 13.5. The van der Waals surface area contributed by atoms with Gasteiger partial charge in [0.15, 0.2) is 0 Å². The van der Waals surface area contributed by atoms with Gasteiger partial charge in [0.05, 0.1) is 0 Å². The van der Waals surface area contributed by atoms with Crippen LogP contribution in [0, 0.1) is 12.7 Å². The lowest BCUT2D eigenvalue weighted by molar-refractivity contribution is -0.117. The van der Waals surface area contributed by atoms with Gasteiger partial charge in [-0.25, -0.2) is 4.39 Å². The molecular formula is C18H18FN5O. The van der Waals surface area contributed by atoms with Crippen molar-refractivity contribution in [2.24, 2.45) is 0 Å². The topological polar surface area (TPSA) is 72.7 Å². The van der Waals surface area contributed by atoms with E-state index in [0.29, 0.717) is 17.1 Å². The lowest BCUT2D eigenvalue weighted by Crippen LogP contribution is -2.20. The van der Waals surface area contributed by atoms with Gasteiger partial charge in [0.25, 0.3) is 0 Å². The molecule has 6 nitrogen and oxygen atoms in total. The van der Waals surface area contributed by atoms with E-state index in [1.165, 1.54) is 16.4 Å². The molecule has 7 heteroatoms. The summed E-state index contributed by atoms with van der Waals surface area (Å²) in [4.78, 5) is 13.3. The van der Waals surface area contributed by atoms with Crippen LogP contribution in [-0.2, 0) is 17.8 Å². The van der Waals surface area contributed by atoms with E-state index in [-0.39, 0.29) is 18.3 Å². The van der Waals surface area contributed by atoms with Crippen LogP contribution in [0.3, 0.4) is 0 Å². The van der Waals surface area contributed by atoms with E-state index < -0.39 is 0 Å². The number of hydrogen-bond acceptors (Lipinski definition) is 4. The normalized spacial score (nSPS) is 10.7. The van der Waals surface area contributed by atoms with Crippen LogP contribution in [0.2, 0.25) is 0 Å². The second kappa shape index (κ2) is 7.21. The SMILES string of the molecule is CCc1ccc(-c2nnn(CC(=O)Nc3ccc(C)c(F)c3)n2)cc1. The number of carbonyl (C=O) groups is 1. The number of anilines is 1. The quantitative estimate of drug-likeness (QED) is 0.775. The minimum Gasteiger partial charge on any atom is -0.324 e. The zero-order valence-electron chi connectivity index (χ0n) is 14.0. The molecule has 0 radical (unpaired) electrons. The highest BCUT2D eigenvalue weighted by Crippen LogP contribution is 2.15. The van der Waals surface area contributed by atoms with E-state index in [2.05, 4.69) is 27.7 Å². The Kier molecular flexibility index (Phi) is 4.83. The number of nitrogens with one attached hydrogen (secondary N) is 1. The fraction of sp³-hybridized carbons (Fsp3) is 0.222.